The van der Waals surface area contributed by atoms with Crippen molar-refractivity contribution in [2.24, 2.45) is 17.8 Å². The van der Waals surface area contributed by atoms with Gasteiger partial charge in [0.15, 0.2) is 11.6 Å². The molecule has 1 N–H and O–H groups in total. The molecular weight excluding hydrogens is 226 g/mol. The number of hydrogen-bond donors (Lipinski definition) is 1. The molecule has 0 aromatic heterocycles. The normalized spacial score (nSPS) is 24.4. The minimum Gasteiger partial charge on any atom is -0.481 e. The summed E-state index contributed by atoms with van der Waals surface area (Å²) in [4.78, 5) is 10.7. The highest BCUT2D eigenvalue weighted by Crippen LogP contribution is 2.45. The van der Waals surface area contributed by atoms with Crippen LogP contribution >= 0.6 is 0 Å². The van der Waals surface area contributed by atoms with Crippen molar-refractivity contribution in [3.8, 4) is 0 Å². The third kappa shape index (κ3) is 2.62. The average molecular weight is 240 g/mol. The van der Waals surface area contributed by atoms with Crippen LogP contribution in [0.4, 0.5) is 8.78 Å². The summed E-state index contributed by atoms with van der Waals surface area (Å²) in [5.74, 6) is -2.36. The molecule has 17 heavy (non-hydrogen) atoms. The zero-order valence-electron chi connectivity index (χ0n) is 9.49. The molecule has 1 fully saturated rings. The van der Waals surface area contributed by atoms with E-state index in [4.69, 9.17) is 5.11 Å². The second-order valence-electron chi connectivity index (χ2n) is 4.77. The van der Waals surface area contributed by atoms with Crippen molar-refractivity contribution in [3.63, 3.8) is 0 Å². The maximum atomic E-state index is 13.0. The molecule has 2 rings (SSSR count). The lowest BCUT2D eigenvalue weighted by Crippen LogP contribution is -2.08. The van der Waals surface area contributed by atoms with Crippen LogP contribution in [0.2, 0.25) is 0 Å². The molecule has 0 amide bonds. The summed E-state index contributed by atoms with van der Waals surface area (Å²) < 4.78 is 25.7. The van der Waals surface area contributed by atoms with Gasteiger partial charge in [0.05, 0.1) is 5.92 Å². The molecule has 0 radical (unpaired) electrons. The second-order valence-corrected chi connectivity index (χ2v) is 4.77. The van der Waals surface area contributed by atoms with Crippen molar-refractivity contribution in [2.75, 3.05) is 0 Å². The summed E-state index contributed by atoms with van der Waals surface area (Å²) in [5.41, 5.74) is 0.715. The molecule has 4 heteroatoms. The van der Waals surface area contributed by atoms with Gasteiger partial charge in [-0.1, -0.05) is 13.0 Å². The average Bonchev–Trinajstić information content (AvgIpc) is 3.03. The first-order valence-electron chi connectivity index (χ1n) is 5.65. The van der Waals surface area contributed by atoms with Crippen LogP contribution in [0.3, 0.4) is 0 Å². The van der Waals surface area contributed by atoms with E-state index >= 15 is 0 Å². The van der Waals surface area contributed by atoms with Gasteiger partial charge in [0.1, 0.15) is 0 Å². The van der Waals surface area contributed by atoms with Crippen LogP contribution in [0, 0.1) is 29.4 Å². The molecule has 3 unspecified atom stereocenters. The third-order valence-electron chi connectivity index (χ3n) is 3.43. The van der Waals surface area contributed by atoms with Gasteiger partial charge in [-0.2, -0.15) is 0 Å². The smallest absolute Gasteiger partial charge is 0.306 e. The van der Waals surface area contributed by atoms with Gasteiger partial charge in [0.2, 0.25) is 0 Å². The third-order valence-corrected chi connectivity index (χ3v) is 3.43. The lowest BCUT2D eigenvalue weighted by molar-refractivity contribution is -0.139. The van der Waals surface area contributed by atoms with Crippen molar-refractivity contribution in [2.45, 2.75) is 19.8 Å². The van der Waals surface area contributed by atoms with E-state index in [1.54, 1.807) is 6.07 Å². The predicted octanol–water partition coefficient (Wildman–Crippen LogP) is 2.86. The highest BCUT2D eigenvalue weighted by atomic mass is 19.2. The molecule has 0 bridgehead atoms. The minimum absolute atomic E-state index is 0.167. The van der Waals surface area contributed by atoms with Crippen LogP contribution in [-0.2, 0) is 11.2 Å². The van der Waals surface area contributed by atoms with E-state index < -0.39 is 17.6 Å². The van der Waals surface area contributed by atoms with Gasteiger partial charge in [-0.3, -0.25) is 4.79 Å². The lowest BCUT2D eigenvalue weighted by Gasteiger charge is -2.10. The second kappa shape index (κ2) is 4.43. The van der Waals surface area contributed by atoms with E-state index in [1.807, 2.05) is 6.92 Å². The fraction of sp³-hybridized carbons (Fsp3) is 0.462. The fourth-order valence-electron chi connectivity index (χ4n) is 2.32. The van der Waals surface area contributed by atoms with E-state index in [0.29, 0.717) is 18.4 Å². The summed E-state index contributed by atoms with van der Waals surface area (Å²) in [5, 5.41) is 8.81. The number of carboxylic acid groups (broad SMARTS) is 1. The topological polar surface area (TPSA) is 37.3 Å². The van der Waals surface area contributed by atoms with Crippen LogP contribution in [-0.4, -0.2) is 11.1 Å². The number of carbonyl (C=O) groups is 1. The molecule has 0 spiro atoms. The fourth-order valence-corrected chi connectivity index (χ4v) is 2.32. The molecule has 1 aromatic rings. The molecule has 1 aliphatic rings. The summed E-state index contributed by atoms with van der Waals surface area (Å²) >= 11 is 0. The Morgan fingerprint density at radius 3 is 2.71 bits per heavy atom. The Labute approximate surface area is 98.3 Å². The number of aliphatic carboxylic acids is 1. The molecule has 0 aliphatic heterocycles. The Bertz CT molecular complexity index is 445. The van der Waals surface area contributed by atoms with Crippen molar-refractivity contribution in [1.29, 1.82) is 0 Å². The van der Waals surface area contributed by atoms with Gasteiger partial charge >= 0.3 is 5.97 Å². The maximum absolute atomic E-state index is 13.0. The molecule has 1 aromatic carbocycles. The number of rotatable bonds is 4. The molecule has 2 nitrogen and oxygen atoms in total. The van der Waals surface area contributed by atoms with Gasteiger partial charge in [-0.05, 0) is 42.4 Å². The van der Waals surface area contributed by atoms with Gasteiger partial charge in [0.25, 0.3) is 0 Å². The number of carboxylic acids is 1. The Kier molecular flexibility index (Phi) is 3.13. The Balaban J connectivity index is 1.97. The highest BCUT2D eigenvalue weighted by Gasteiger charge is 2.45. The summed E-state index contributed by atoms with van der Waals surface area (Å²) in [6.07, 6.45) is 1.28. The van der Waals surface area contributed by atoms with Crippen molar-refractivity contribution in [1.82, 2.24) is 0 Å². The molecule has 3 atom stereocenters. The van der Waals surface area contributed by atoms with E-state index in [-0.39, 0.29) is 17.8 Å². The minimum atomic E-state index is -0.851. The molecule has 1 saturated carbocycles. The summed E-state index contributed by atoms with van der Waals surface area (Å²) in [6.45, 7) is 1.95. The van der Waals surface area contributed by atoms with Crippen LogP contribution in [0.15, 0.2) is 18.2 Å². The lowest BCUT2D eigenvalue weighted by atomic mass is 9.95. The van der Waals surface area contributed by atoms with E-state index in [1.165, 1.54) is 6.07 Å². The molecular formula is C13H14F2O2. The molecule has 0 saturated heterocycles. The number of benzene rings is 1. The van der Waals surface area contributed by atoms with Gasteiger partial charge in [-0.15, -0.1) is 0 Å². The Morgan fingerprint density at radius 1 is 1.47 bits per heavy atom. The van der Waals surface area contributed by atoms with Gasteiger partial charge in [0, 0.05) is 0 Å². The Hall–Kier alpha value is -1.45. The SMILES string of the molecule is CC(Cc1ccc(F)c(F)c1)C1CC1C(=O)O. The standard InChI is InChI=1S/C13H14F2O2/c1-7(9-6-10(9)13(16)17)4-8-2-3-11(14)12(15)5-8/h2-3,5,7,9-10H,4,6H2,1H3,(H,16,17). The van der Waals surface area contributed by atoms with Gasteiger partial charge in [-0.25, -0.2) is 8.78 Å². The molecule has 92 valence electrons. The first-order valence-corrected chi connectivity index (χ1v) is 5.65. The quantitative estimate of drug-likeness (QED) is 0.878. The number of hydrogen-bond acceptors (Lipinski definition) is 1. The molecule has 0 heterocycles. The number of halogens is 2. The van der Waals surface area contributed by atoms with E-state index in [2.05, 4.69) is 0 Å². The monoisotopic (exact) mass is 240 g/mol. The van der Waals surface area contributed by atoms with Crippen molar-refractivity contribution in [3.05, 3.63) is 35.4 Å². The van der Waals surface area contributed by atoms with E-state index in [0.717, 1.165) is 6.07 Å². The zero-order valence-corrected chi connectivity index (χ0v) is 9.49. The van der Waals surface area contributed by atoms with Crippen LogP contribution < -0.4 is 0 Å². The van der Waals surface area contributed by atoms with Crippen molar-refractivity contribution < 1.29 is 18.7 Å². The maximum Gasteiger partial charge on any atom is 0.306 e. The largest absolute Gasteiger partial charge is 0.481 e. The Morgan fingerprint density at radius 2 is 2.18 bits per heavy atom. The molecule has 1 aliphatic carbocycles. The summed E-state index contributed by atoms with van der Waals surface area (Å²) in [6, 6.07) is 3.84. The van der Waals surface area contributed by atoms with Crippen LogP contribution in [0.1, 0.15) is 18.9 Å². The van der Waals surface area contributed by atoms with Crippen molar-refractivity contribution >= 4 is 5.97 Å². The van der Waals surface area contributed by atoms with E-state index in [9.17, 15) is 13.6 Å². The first kappa shape index (κ1) is 12.0. The van der Waals surface area contributed by atoms with Gasteiger partial charge < -0.3 is 5.11 Å². The van der Waals surface area contributed by atoms with Crippen LogP contribution in [0.25, 0.3) is 0 Å². The predicted molar refractivity (Wildman–Crippen MR) is 58.5 cm³/mol. The zero-order chi connectivity index (χ0) is 12.6. The highest BCUT2D eigenvalue weighted by molar-refractivity contribution is 5.73. The van der Waals surface area contributed by atoms with Crippen LogP contribution in [0.5, 0.6) is 0 Å². The summed E-state index contributed by atoms with van der Waals surface area (Å²) in [7, 11) is 0. The first-order chi connectivity index (χ1) is 7.99.